The van der Waals surface area contributed by atoms with E-state index in [2.05, 4.69) is 9.69 Å². The van der Waals surface area contributed by atoms with Crippen molar-refractivity contribution < 1.29 is 14.3 Å². The number of Topliss-reactive ketones (excluding diaryl/α,β-unsaturated/α-hetero) is 1. The number of nitrogens with one attached hydrogen (secondary N) is 1. The van der Waals surface area contributed by atoms with Crippen molar-refractivity contribution in [1.29, 1.82) is 0 Å². The fraction of sp³-hybridized carbons (Fsp3) is 0.286. The number of hydrogen-bond acceptors (Lipinski definition) is 6. The summed E-state index contributed by atoms with van der Waals surface area (Å²) in [7, 11) is 0. The molecule has 0 radical (unpaired) electrons. The summed E-state index contributed by atoms with van der Waals surface area (Å²) in [5.74, 6) is 1.47. The summed E-state index contributed by atoms with van der Waals surface area (Å²) in [5.41, 5.74) is 2.24. The molecule has 104 valence electrons. The van der Waals surface area contributed by atoms with Gasteiger partial charge in [0.15, 0.2) is 17.3 Å². The Morgan fingerprint density at radius 2 is 2.05 bits per heavy atom. The van der Waals surface area contributed by atoms with Crippen LogP contribution in [-0.4, -0.2) is 23.4 Å². The lowest BCUT2D eigenvalue weighted by atomic mass is 10.2. The normalized spacial score (nSPS) is 13.1. The van der Waals surface area contributed by atoms with Crippen LogP contribution in [0.2, 0.25) is 0 Å². The summed E-state index contributed by atoms with van der Waals surface area (Å²) in [4.78, 5) is 11.7. The van der Waals surface area contributed by atoms with Gasteiger partial charge in [-0.1, -0.05) is 0 Å². The van der Waals surface area contributed by atoms with E-state index in [1.807, 2.05) is 25.1 Å². The molecule has 2 heterocycles. The quantitative estimate of drug-likeness (QED) is 0.880. The van der Waals surface area contributed by atoms with Gasteiger partial charge in [-0.3, -0.25) is 4.79 Å². The van der Waals surface area contributed by atoms with Crippen LogP contribution in [0.5, 0.6) is 11.5 Å². The van der Waals surface area contributed by atoms with Gasteiger partial charge in [-0.2, -0.15) is 4.37 Å². The van der Waals surface area contributed by atoms with Crippen LogP contribution in [0, 0.1) is 6.92 Å². The van der Waals surface area contributed by atoms with Gasteiger partial charge >= 0.3 is 0 Å². The van der Waals surface area contributed by atoms with Crippen molar-refractivity contribution in [3.63, 3.8) is 0 Å². The predicted octanol–water partition coefficient (Wildman–Crippen LogP) is 3.17. The highest BCUT2D eigenvalue weighted by atomic mass is 32.1. The third-order valence-corrected chi connectivity index (χ3v) is 3.87. The van der Waals surface area contributed by atoms with Gasteiger partial charge in [0.25, 0.3) is 0 Å². The molecule has 0 saturated carbocycles. The molecule has 0 aliphatic carbocycles. The monoisotopic (exact) mass is 290 g/mol. The van der Waals surface area contributed by atoms with E-state index < -0.39 is 0 Å². The van der Waals surface area contributed by atoms with E-state index in [1.165, 1.54) is 11.5 Å². The lowest BCUT2D eigenvalue weighted by Crippen LogP contribution is -2.15. The Bertz CT molecular complexity index is 666. The number of carbonyl (C=O) groups excluding carboxylic acids is 1. The van der Waals surface area contributed by atoms with E-state index in [0.717, 1.165) is 22.1 Å². The minimum absolute atomic E-state index is 0.0105. The zero-order chi connectivity index (χ0) is 14.1. The van der Waals surface area contributed by atoms with Crippen molar-refractivity contribution in [2.45, 2.75) is 13.8 Å². The standard InChI is InChI=1S/C14H14N2O3S/c1-8-13(9(2)17)14(20-16-8)15-10-3-4-11-12(7-10)19-6-5-18-11/h3-4,7,15H,5-6H2,1-2H3. The summed E-state index contributed by atoms with van der Waals surface area (Å²) in [5, 5.41) is 3.98. The first-order valence-electron chi connectivity index (χ1n) is 6.29. The van der Waals surface area contributed by atoms with Crippen molar-refractivity contribution >= 4 is 28.0 Å². The molecule has 5 nitrogen and oxygen atoms in total. The number of aryl methyl sites for hydroxylation is 1. The molecule has 1 aromatic carbocycles. The zero-order valence-electron chi connectivity index (χ0n) is 11.2. The minimum Gasteiger partial charge on any atom is -0.486 e. The average Bonchev–Trinajstić information content (AvgIpc) is 2.79. The molecule has 1 aliphatic rings. The number of ketones is 1. The van der Waals surface area contributed by atoms with Gasteiger partial charge < -0.3 is 14.8 Å². The van der Waals surface area contributed by atoms with Crippen LogP contribution in [0.4, 0.5) is 10.7 Å². The summed E-state index contributed by atoms with van der Waals surface area (Å²) in [6.45, 7) is 4.51. The molecule has 2 aromatic rings. The van der Waals surface area contributed by atoms with Gasteiger partial charge in [-0.05, 0) is 37.5 Å². The summed E-state index contributed by atoms with van der Waals surface area (Å²) in [6, 6.07) is 5.62. The number of anilines is 2. The smallest absolute Gasteiger partial charge is 0.164 e. The van der Waals surface area contributed by atoms with Crippen molar-refractivity contribution in [2.24, 2.45) is 0 Å². The van der Waals surface area contributed by atoms with Gasteiger partial charge in [0.1, 0.15) is 18.2 Å². The maximum Gasteiger partial charge on any atom is 0.164 e. The Morgan fingerprint density at radius 3 is 2.80 bits per heavy atom. The third-order valence-electron chi connectivity index (χ3n) is 3.01. The number of carbonyl (C=O) groups is 1. The second-order valence-corrected chi connectivity index (χ2v) is 5.29. The third kappa shape index (κ3) is 2.34. The zero-order valence-corrected chi connectivity index (χ0v) is 12.0. The lowest BCUT2D eigenvalue weighted by Gasteiger charge is -2.19. The van der Waals surface area contributed by atoms with Crippen LogP contribution < -0.4 is 14.8 Å². The van der Waals surface area contributed by atoms with Gasteiger partial charge in [-0.25, -0.2) is 0 Å². The Kier molecular flexibility index (Phi) is 3.31. The van der Waals surface area contributed by atoms with Crippen LogP contribution in [0.3, 0.4) is 0 Å². The number of rotatable bonds is 3. The molecule has 0 atom stereocenters. The number of hydrogen-bond donors (Lipinski definition) is 1. The largest absolute Gasteiger partial charge is 0.486 e. The van der Waals surface area contributed by atoms with Gasteiger partial charge in [0, 0.05) is 11.8 Å². The molecule has 1 N–H and O–H groups in total. The second kappa shape index (κ2) is 5.13. The van der Waals surface area contributed by atoms with E-state index >= 15 is 0 Å². The number of ether oxygens (including phenoxy) is 2. The molecular weight excluding hydrogens is 276 g/mol. The molecule has 0 amide bonds. The number of benzene rings is 1. The number of aromatic nitrogens is 1. The molecular formula is C14H14N2O3S. The molecule has 6 heteroatoms. The molecule has 0 fully saturated rings. The summed E-state index contributed by atoms with van der Waals surface area (Å²) >= 11 is 1.28. The predicted molar refractivity (Wildman–Crippen MR) is 77.6 cm³/mol. The first-order valence-corrected chi connectivity index (χ1v) is 7.06. The second-order valence-electron chi connectivity index (χ2n) is 4.51. The van der Waals surface area contributed by atoms with E-state index in [4.69, 9.17) is 9.47 Å². The average molecular weight is 290 g/mol. The highest BCUT2D eigenvalue weighted by molar-refractivity contribution is 7.10. The maximum atomic E-state index is 11.7. The Balaban J connectivity index is 1.90. The maximum absolute atomic E-state index is 11.7. The van der Waals surface area contributed by atoms with Gasteiger partial charge in [0.05, 0.1) is 11.3 Å². The molecule has 1 aliphatic heterocycles. The van der Waals surface area contributed by atoms with Crippen molar-refractivity contribution in [2.75, 3.05) is 18.5 Å². The van der Waals surface area contributed by atoms with Crippen molar-refractivity contribution in [1.82, 2.24) is 4.37 Å². The Labute approximate surface area is 120 Å². The van der Waals surface area contributed by atoms with Crippen LogP contribution in [0.15, 0.2) is 18.2 Å². The molecule has 20 heavy (non-hydrogen) atoms. The number of fused-ring (bicyclic) bond motifs is 1. The molecule has 0 spiro atoms. The molecule has 1 aromatic heterocycles. The highest BCUT2D eigenvalue weighted by Crippen LogP contribution is 2.35. The molecule has 0 unspecified atom stereocenters. The fourth-order valence-corrected chi connectivity index (χ4v) is 2.99. The molecule has 0 saturated heterocycles. The first-order chi connectivity index (χ1) is 9.65. The van der Waals surface area contributed by atoms with E-state index in [0.29, 0.717) is 24.5 Å². The number of nitrogens with zero attached hydrogens (tertiary/aromatic N) is 1. The van der Waals surface area contributed by atoms with Crippen molar-refractivity contribution in [3.8, 4) is 11.5 Å². The van der Waals surface area contributed by atoms with Crippen LogP contribution >= 0.6 is 11.5 Å². The van der Waals surface area contributed by atoms with Crippen molar-refractivity contribution in [3.05, 3.63) is 29.5 Å². The van der Waals surface area contributed by atoms with Crippen LogP contribution in [0.25, 0.3) is 0 Å². The summed E-state index contributed by atoms with van der Waals surface area (Å²) < 4.78 is 15.2. The highest BCUT2D eigenvalue weighted by Gasteiger charge is 2.16. The summed E-state index contributed by atoms with van der Waals surface area (Å²) in [6.07, 6.45) is 0. The Hall–Kier alpha value is -2.08. The topological polar surface area (TPSA) is 60.5 Å². The van der Waals surface area contributed by atoms with Crippen LogP contribution in [-0.2, 0) is 0 Å². The SMILES string of the molecule is CC(=O)c1c(C)nsc1Nc1ccc2c(c1)OCCO2. The van der Waals surface area contributed by atoms with E-state index in [-0.39, 0.29) is 5.78 Å². The molecule has 3 rings (SSSR count). The fourth-order valence-electron chi connectivity index (χ4n) is 2.12. The van der Waals surface area contributed by atoms with Gasteiger partial charge in [0.2, 0.25) is 0 Å². The Morgan fingerprint density at radius 1 is 1.30 bits per heavy atom. The van der Waals surface area contributed by atoms with E-state index in [1.54, 1.807) is 6.92 Å². The van der Waals surface area contributed by atoms with E-state index in [9.17, 15) is 4.79 Å². The first kappa shape index (κ1) is 12.9. The molecule has 0 bridgehead atoms. The van der Waals surface area contributed by atoms with Crippen LogP contribution in [0.1, 0.15) is 23.0 Å². The lowest BCUT2D eigenvalue weighted by molar-refractivity contribution is 0.101. The van der Waals surface area contributed by atoms with Gasteiger partial charge in [-0.15, -0.1) is 0 Å². The minimum atomic E-state index is 0.0105.